The molecule has 0 aliphatic rings. The molecule has 0 spiro atoms. The van der Waals surface area contributed by atoms with Crippen molar-refractivity contribution < 1.29 is 17.9 Å². The molecule has 3 aromatic carbocycles. The molecule has 1 aromatic heterocycles. The number of sulfonamides is 1. The molecule has 0 unspecified atom stereocenters. The largest absolute Gasteiger partial charge is 0.407 e. The van der Waals surface area contributed by atoms with Crippen LogP contribution in [0.3, 0.4) is 0 Å². The number of aryl methyl sites for hydroxylation is 1. The molecule has 4 aromatic rings. The Kier molecular flexibility index (Phi) is 7.53. The lowest BCUT2D eigenvalue weighted by molar-refractivity contribution is -0.136. The fraction of sp³-hybridized carbons (Fsp3) is 0.120. The monoisotopic (exact) mass is 522 g/mol. The molecule has 0 fully saturated rings. The van der Waals surface area contributed by atoms with E-state index in [0.717, 1.165) is 16.9 Å². The van der Waals surface area contributed by atoms with E-state index in [4.69, 9.17) is 4.74 Å². The number of H-pyrrole nitrogens is 1. The second kappa shape index (κ2) is 10.8. The van der Waals surface area contributed by atoms with E-state index in [1.54, 1.807) is 48.5 Å². The van der Waals surface area contributed by atoms with E-state index >= 15 is 0 Å². The van der Waals surface area contributed by atoms with Crippen LogP contribution in [0.4, 0.5) is 11.4 Å². The molecule has 0 aliphatic carbocycles. The Morgan fingerprint density at radius 3 is 2.36 bits per heavy atom. The molecule has 0 bridgehead atoms. The Balaban J connectivity index is 1.56. The molecule has 9 nitrogen and oxygen atoms in total. The normalized spacial score (nSPS) is 12.5. The topological polar surface area (TPSA) is 130 Å². The van der Waals surface area contributed by atoms with Gasteiger partial charge in [-0.3, -0.25) is 9.78 Å². The maximum absolute atomic E-state index is 12.8. The lowest BCUT2D eigenvalue weighted by Gasteiger charge is -2.14. The summed E-state index contributed by atoms with van der Waals surface area (Å²) in [6, 6.07) is 21.1. The number of aromatic nitrogens is 1. The number of aromatic amines is 1. The van der Waals surface area contributed by atoms with Gasteiger partial charge >= 0.3 is 10.8 Å². The number of hydrogen-bond acceptors (Lipinski definition) is 8. The van der Waals surface area contributed by atoms with E-state index in [9.17, 15) is 18.0 Å². The van der Waals surface area contributed by atoms with Crippen LogP contribution in [0, 0.1) is 6.92 Å². The summed E-state index contributed by atoms with van der Waals surface area (Å²) in [5.74, 6) is -0.983. The van der Waals surface area contributed by atoms with Gasteiger partial charge in [0.25, 0.3) is 0 Å². The van der Waals surface area contributed by atoms with Crippen molar-refractivity contribution in [3.8, 4) is 16.3 Å². The number of nitrogens with one attached hydrogen (secondary N) is 2. The molecule has 184 valence electrons. The number of carbonyl (C=O) groups excluding carboxylic acids is 1. The zero-order valence-electron chi connectivity index (χ0n) is 19.3. The van der Waals surface area contributed by atoms with Crippen LogP contribution < -0.4 is 14.3 Å². The van der Waals surface area contributed by atoms with Crippen LogP contribution in [0.15, 0.2) is 98.8 Å². The van der Waals surface area contributed by atoms with Gasteiger partial charge in [-0.1, -0.05) is 65.4 Å². The van der Waals surface area contributed by atoms with Crippen molar-refractivity contribution in [2.75, 3.05) is 0 Å². The van der Waals surface area contributed by atoms with E-state index in [-0.39, 0.29) is 10.8 Å². The fourth-order valence-corrected chi connectivity index (χ4v) is 5.17. The molecule has 0 radical (unpaired) electrons. The maximum Gasteiger partial charge on any atom is 0.330 e. The number of nitrogens with zero attached hydrogens (tertiary/aromatic N) is 2. The van der Waals surface area contributed by atoms with Crippen LogP contribution in [0.5, 0.6) is 5.88 Å². The van der Waals surface area contributed by atoms with Gasteiger partial charge in [0.05, 0.1) is 16.3 Å². The number of esters is 1. The summed E-state index contributed by atoms with van der Waals surface area (Å²) in [5, 5.41) is 8.51. The van der Waals surface area contributed by atoms with Crippen LogP contribution in [0.1, 0.15) is 12.5 Å². The first-order valence-corrected chi connectivity index (χ1v) is 13.1. The molecule has 1 heterocycles. The molecule has 0 saturated carbocycles. The Hall–Kier alpha value is -3.93. The highest BCUT2D eigenvalue weighted by Crippen LogP contribution is 2.38. The van der Waals surface area contributed by atoms with Gasteiger partial charge in [-0.15, -0.1) is 5.11 Å². The number of ether oxygens (including phenoxy) is 1. The van der Waals surface area contributed by atoms with Gasteiger partial charge in [0.1, 0.15) is 10.9 Å². The third-order valence-electron chi connectivity index (χ3n) is 5.01. The molecule has 36 heavy (non-hydrogen) atoms. The van der Waals surface area contributed by atoms with Crippen LogP contribution >= 0.6 is 11.3 Å². The highest BCUT2D eigenvalue weighted by molar-refractivity contribution is 7.89. The Morgan fingerprint density at radius 2 is 1.64 bits per heavy atom. The van der Waals surface area contributed by atoms with E-state index in [1.165, 1.54) is 19.1 Å². The average Bonchev–Trinajstić information content (AvgIpc) is 3.23. The van der Waals surface area contributed by atoms with Crippen molar-refractivity contribution in [3.63, 3.8) is 0 Å². The standard InChI is InChI=1S/C25H22N4O5S2/c1-16-12-14-19(15-13-16)36(32,33)29-17(2)24(30)34-23-22(35-25(31)26-23)20-10-6-7-11-21(20)28-27-18-8-4-3-5-9-18/h3-15,17,29H,1-2H3,(H,26,31)/t17-/m0/s1. The summed E-state index contributed by atoms with van der Waals surface area (Å²) in [6.07, 6.45) is 0. The number of carbonyl (C=O) groups is 1. The summed E-state index contributed by atoms with van der Waals surface area (Å²) >= 11 is 0.840. The Labute approximate surface area is 211 Å². The molecule has 0 saturated heterocycles. The van der Waals surface area contributed by atoms with Gasteiger partial charge < -0.3 is 4.74 Å². The predicted molar refractivity (Wildman–Crippen MR) is 138 cm³/mol. The molecule has 4 rings (SSSR count). The number of hydrogen-bond donors (Lipinski definition) is 2. The summed E-state index contributed by atoms with van der Waals surface area (Å²) in [7, 11) is -3.96. The van der Waals surface area contributed by atoms with Crippen LogP contribution in [0.2, 0.25) is 0 Å². The zero-order valence-corrected chi connectivity index (χ0v) is 21.0. The van der Waals surface area contributed by atoms with E-state index < -0.39 is 26.9 Å². The van der Waals surface area contributed by atoms with E-state index in [2.05, 4.69) is 19.9 Å². The van der Waals surface area contributed by atoms with Crippen LogP contribution in [-0.4, -0.2) is 25.4 Å². The van der Waals surface area contributed by atoms with E-state index in [0.29, 0.717) is 21.8 Å². The van der Waals surface area contributed by atoms with Crippen molar-refractivity contribution in [1.82, 2.24) is 9.71 Å². The first kappa shape index (κ1) is 25.2. The molecule has 11 heteroatoms. The van der Waals surface area contributed by atoms with Gasteiger partial charge in [-0.25, -0.2) is 13.2 Å². The first-order valence-electron chi connectivity index (χ1n) is 10.8. The van der Waals surface area contributed by atoms with Crippen molar-refractivity contribution >= 4 is 38.7 Å². The first-order chi connectivity index (χ1) is 17.2. The zero-order chi connectivity index (χ0) is 25.7. The molecular weight excluding hydrogens is 500 g/mol. The number of rotatable bonds is 8. The average molecular weight is 523 g/mol. The molecule has 1 atom stereocenters. The number of thiazole rings is 1. The fourth-order valence-electron chi connectivity index (χ4n) is 3.18. The van der Waals surface area contributed by atoms with Gasteiger partial charge in [0.2, 0.25) is 15.9 Å². The molecular formula is C25H22N4O5S2. The smallest absolute Gasteiger partial charge is 0.330 e. The highest BCUT2D eigenvalue weighted by atomic mass is 32.2. The molecule has 2 N–H and O–H groups in total. The second-order valence-corrected chi connectivity index (χ2v) is 10.5. The van der Waals surface area contributed by atoms with Gasteiger partial charge in [-0.05, 0) is 44.2 Å². The van der Waals surface area contributed by atoms with Gasteiger partial charge in [0.15, 0.2) is 0 Å². The highest BCUT2D eigenvalue weighted by Gasteiger charge is 2.26. The van der Waals surface area contributed by atoms with Gasteiger partial charge in [0, 0.05) is 5.56 Å². The van der Waals surface area contributed by atoms with E-state index in [1.807, 2.05) is 25.1 Å². The molecule has 0 amide bonds. The minimum Gasteiger partial charge on any atom is -0.407 e. The van der Waals surface area contributed by atoms with Crippen LogP contribution in [-0.2, 0) is 14.8 Å². The summed E-state index contributed by atoms with van der Waals surface area (Å²) < 4.78 is 33.0. The SMILES string of the molecule is Cc1ccc(S(=O)(=O)N[C@@H](C)C(=O)Oc2[nH]c(=O)sc2-c2ccccc2N=Nc2ccccc2)cc1. The number of benzene rings is 3. The number of azo groups is 1. The lowest BCUT2D eigenvalue weighted by Crippen LogP contribution is -2.40. The Bertz CT molecular complexity index is 1560. The maximum atomic E-state index is 12.8. The predicted octanol–water partition coefficient (Wildman–Crippen LogP) is 5.10. The lowest BCUT2D eigenvalue weighted by atomic mass is 10.1. The third kappa shape index (κ3) is 6.00. The molecule has 0 aliphatic heterocycles. The van der Waals surface area contributed by atoms with Crippen molar-refractivity contribution in [3.05, 3.63) is 94.1 Å². The minimum absolute atomic E-state index is 0.0232. The van der Waals surface area contributed by atoms with Gasteiger partial charge in [-0.2, -0.15) is 9.84 Å². The summed E-state index contributed by atoms with van der Waals surface area (Å²) in [6.45, 7) is 3.20. The minimum atomic E-state index is -3.96. The van der Waals surface area contributed by atoms with Crippen molar-refractivity contribution in [2.45, 2.75) is 24.8 Å². The second-order valence-electron chi connectivity index (χ2n) is 7.80. The van der Waals surface area contributed by atoms with Crippen LogP contribution in [0.25, 0.3) is 10.4 Å². The third-order valence-corrected chi connectivity index (χ3v) is 7.47. The summed E-state index contributed by atoms with van der Waals surface area (Å²) in [4.78, 5) is 27.3. The van der Waals surface area contributed by atoms with Crippen molar-refractivity contribution in [2.24, 2.45) is 10.2 Å². The summed E-state index contributed by atoms with van der Waals surface area (Å²) in [5.41, 5.74) is 2.54. The quantitative estimate of drug-likeness (QED) is 0.246. The Morgan fingerprint density at radius 1 is 0.972 bits per heavy atom. The van der Waals surface area contributed by atoms with Crippen molar-refractivity contribution in [1.29, 1.82) is 0 Å².